The van der Waals surface area contributed by atoms with E-state index >= 15 is 0 Å². The Bertz CT molecular complexity index is 319. The second-order valence-corrected chi connectivity index (χ2v) is 3.41. The molecule has 0 nitrogen and oxygen atoms in total. The SMILES string of the molecule is C=Cc1cccc(C(C)C)c1C=C.CC. The van der Waals surface area contributed by atoms with Crippen LogP contribution in [0.15, 0.2) is 31.4 Å². The van der Waals surface area contributed by atoms with Crippen LogP contribution in [0.1, 0.15) is 50.3 Å². The molecule has 0 saturated carbocycles. The minimum Gasteiger partial charge on any atom is -0.0984 e. The quantitative estimate of drug-likeness (QED) is 0.638. The van der Waals surface area contributed by atoms with E-state index < -0.39 is 0 Å². The molecule has 0 N–H and O–H groups in total. The molecular weight excluding hydrogens is 180 g/mol. The van der Waals surface area contributed by atoms with Crippen LogP contribution in [0.4, 0.5) is 0 Å². The molecule has 0 heteroatoms. The van der Waals surface area contributed by atoms with Gasteiger partial charge in [0, 0.05) is 0 Å². The lowest BCUT2D eigenvalue weighted by Crippen LogP contribution is -1.93. The minimum absolute atomic E-state index is 0.535. The van der Waals surface area contributed by atoms with Crippen molar-refractivity contribution in [2.45, 2.75) is 33.6 Å². The van der Waals surface area contributed by atoms with Gasteiger partial charge >= 0.3 is 0 Å². The molecule has 0 bridgehead atoms. The van der Waals surface area contributed by atoms with Crippen molar-refractivity contribution in [2.75, 3.05) is 0 Å². The van der Waals surface area contributed by atoms with Crippen molar-refractivity contribution in [3.8, 4) is 0 Å². The van der Waals surface area contributed by atoms with Crippen molar-refractivity contribution in [1.82, 2.24) is 0 Å². The van der Waals surface area contributed by atoms with Crippen molar-refractivity contribution in [3.63, 3.8) is 0 Å². The summed E-state index contributed by atoms with van der Waals surface area (Å²) in [5, 5.41) is 0. The van der Waals surface area contributed by atoms with E-state index in [2.05, 4.69) is 45.2 Å². The fraction of sp³-hybridized carbons (Fsp3) is 0.333. The van der Waals surface area contributed by atoms with E-state index in [-0.39, 0.29) is 0 Å². The summed E-state index contributed by atoms with van der Waals surface area (Å²) in [5.41, 5.74) is 3.72. The molecule has 0 spiro atoms. The van der Waals surface area contributed by atoms with Gasteiger partial charge in [-0.15, -0.1) is 0 Å². The first-order valence-electron chi connectivity index (χ1n) is 5.58. The largest absolute Gasteiger partial charge is 0.0984 e. The maximum absolute atomic E-state index is 3.83. The van der Waals surface area contributed by atoms with Crippen molar-refractivity contribution >= 4 is 12.2 Å². The van der Waals surface area contributed by atoms with Gasteiger partial charge in [0.2, 0.25) is 0 Å². The predicted molar refractivity (Wildman–Crippen MR) is 72.1 cm³/mol. The summed E-state index contributed by atoms with van der Waals surface area (Å²) >= 11 is 0. The highest BCUT2D eigenvalue weighted by atomic mass is 14.1. The third-order valence-corrected chi connectivity index (χ3v) is 2.22. The lowest BCUT2D eigenvalue weighted by Gasteiger charge is -2.11. The smallest absolute Gasteiger partial charge is 0.0155 e. The second kappa shape index (κ2) is 7.05. The topological polar surface area (TPSA) is 0 Å². The third kappa shape index (κ3) is 3.39. The van der Waals surface area contributed by atoms with Gasteiger partial charge in [-0.3, -0.25) is 0 Å². The number of hydrogen-bond donors (Lipinski definition) is 0. The zero-order valence-electron chi connectivity index (χ0n) is 10.4. The highest BCUT2D eigenvalue weighted by Crippen LogP contribution is 2.24. The van der Waals surface area contributed by atoms with Gasteiger partial charge in [-0.2, -0.15) is 0 Å². The Morgan fingerprint density at radius 3 is 2.07 bits per heavy atom. The monoisotopic (exact) mass is 202 g/mol. The Morgan fingerprint density at radius 1 is 1.07 bits per heavy atom. The van der Waals surface area contributed by atoms with Gasteiger partial charge in [0.25, 0.3) is 0 Å². The highest BCUT2D eigenvalue weighted by molar-refractivity contribution is 5.66. The second-order valence-electron chi connectivity index (χ2n) is 3.41. The molecule has 1 rings (SSSR count). The maximum Gasteiger partial charge on any atom is -0.0155 e. The minimum atomic E-state index is 0.535. The van der Waals surface area contributed by atoms with Crippen LogP contribution >= 0.6 is 0 Å². The van der Waals surface area contributed by atoms with Crippen LogP contribution < -0.4 is 0 Å². The Balaban J connectivity index is 0.000000921. The van der Waals surface area contributed by atoms with Crippen LogP contribution in [0.5, 0.6) is 0 Å². The molecular formula is C15H22. The Hall–Kier alpha value is -1.30. The molecule has 0 radical (unpaired) electrons. The van der Waals surface area contributed by atoms with Gasteiger partial charge < -0.3 is 0 Å². The molecule has 0 atom stereocenters. The first-order valence-corrected chi connectivity index (χ1v) is 5.58. The van der Waals surface area contributed by atoms with Gasteiger partial charge in [-0.1, -0.05) is 71.2 Å². The summed E-state index contributed by atoms with van der Waals surface area (Å²) in [4.78, 5) is 0. The Morgan fingerprint density at radius 2 is 1.67 bits per heavy atom. The van der Waals surface area contributed by atoms with Crippen LogP contribution in [-0.4, -0.2) is 0 Å². The standard InChI is InChI=1S/C13H16.C2H6/c1-5-11-8-7-9-13(10(3)4)12(11)6-2;1-2/h5-10H,1-2H2,3-4H3;1-2H3. The lowest BCUT2D eigenvalue weighted by molar-refractivity contribution is 0.863. The lowest BCUT2D eigenvalue weighted by atomic mass is 9.93. The number of rotatable bonds is 3. The average Bonchev–Trinajstić information content (AvgIpc) is 2.30. The number of benzene rings is 1. The van der Waals surface area contributed by atoms with E-state index in [1.807, 2.05) is 26.0 Å². The van der Waals surface area contributed by atoms with E-state index in [0.29, 0.717) is 5.92 Å². The summed E-state index contributed by atoms with van der Waals surface area (Å²) in [6.45, 7) is 16.0. The summed E-state index contributed by atoms with van der Waals surface area (Å²) in [7, 11) is 0. The zero-order valence-corrected chi connectivity index (χ0v) is 10.4. The van der Waals surface area contributed by atoms with E-state index in [1.54, 1.807) is 0 Å². The molecule has 0 aliphatic carbocycles. The van der Waals surface area contributed by atoms with Gasteiger partial charge in [0.05, 0.1) is 0 Å². The first kappa shape index (κ1) is 13.7. The third-order valence-electron chi connectivity index (χ3n) is 2.22. The Labute approximate surface area is 94.3 Å². The fourth-order valence-electron chi connectivity index (χ4n) is 1.52. The average molecular weight is 202 g/mol. The highest BCUT2D eigenvalue weighted by Gasteiger charge is 2.05. The van der Waals surface area contributed by atoms with Crippen LogP contribution in [0.3, 0.4) is 0 Å². The van der Waals surface area contributed by atoms with E-state index in [4.69, 9.17) is 0 Å². The van der Waals surface area contributed by atoms with E-state index in [1.165, 1.54) is 16.7 Å². The molecule has 15 heavy (non-hydrogen) atoms. The Kier molecular flexibility index (Phi) is 6.44. The van der Waals surface area contributed by atoms with Crippen molar-refractivity contribution < 1.29 is 0 Å². The molecule has 0 fully saturated rings. The summed E-state index contributed by atoms with van der Waals surface area (Å²) in [5.74, 6) is 0.535. The molecule has 0 saturated heterocycles. The van der Waals surface area contributed by atoms with Gasteiger partial charge in [-0.25, -0.2) is 0 Å². The van der Waals surface area contributed by atoms with E-state index in [0.717, 1.165) is 0 Å². The van der Waals surface area contributed by atoms with Crippen molar-refractivity contribution in [2.24, 2.45) is 0 Å². The van der Waals surface area contributed by atoms with Gasteiger partial charge in [0.15, 0.2) is 0 Å². The molecule has 1 aromatic rings. The normalized spacial score (nSPS) is 9.13. The van der Waals surface area contributed by atoms with Crippen LogP contribution in [0.25, 0.3) is 12.2 Å². The molecule has 1 aromatic carbocycles. The van der Waals surface area contributed by atoms with Crippen molar-refractivity contribution in [3.05, 3.63) is 48.0 Å². The number of hydrogen-bond acceptors (Lipinski definition) is 0. The fourth-order valence-corrected chi connectivity index (χ4v) is 1.52. The van der Waals surface area contributed by atoms with Crippen LogP contribution in [0.2, 0.25) is 0 Å². The predicted octanol–water partition coefficient (Wildman–Crippen LogP) is 5.12. The molecule has 0 aromatic heterocycles. The molecule has 0 aliphatic rings. The summed E-state index contributed by atoms with van der Waals surface area (Å²) in [6, 6.07) is 6.28. The van der Waals surface area contributed by atoms with Crippen LogP contribution in [-0.2, 0) is 0 Å². The zero-order chi connectivity index (χ0) is 11.8. The first-order chi connectivity index (χ1) is 7.20. The molecule has 0 aliphatic heterocycles. The molecule has 82 valence electrons. The van der Waals surface area contributed by atoms with Gasteiger partial charge in [0.1, 0.15) is 0 Å². The molecule has 0 heterocycles. The van der Waals surface area contributed by atoms with Crippen LogP contribution in [0, 0.1) is 0 Å². The maximum atomic E-state index is 3.83. The summed E-state index contributed by atoms with van der Waals surface area (Å²) < 4.78 is 0. The molecule has 0 amide bonds. The van der Waals surface area contributed by atoms with E-state index in [9.17, 15) is 0 Å². The molecule has 0 unspecified atom stereocenters. The van der Waals surface area contributed by atoms with Gasteiger partial charge in [-0.05, 0) is 22.6 Å². The summed E-state index contributed by atoms with van der Waals surface area (Å²) in [6.07, 6.45) is 3.79. The van der Waals surface area contributed by atoms with Crippen molar-refractivity contribution in [1.29, 1.82) is 0 Å².